The third-order valence-electron chi connectivity index (χ3n) is 2.88. The molecule has 0 N–H and O–H groups in total. The lowest BCUT2D eigenvalue weighted by atomic mass is 10.2. The van der Waals surface area contributed by atoms with Crippen molar-refractivity contribution in [1.29, 1.82) is 5.26 Å². The molecule has 0 saturated heterocycles. The van der Waals surface area contributed by atoms with Gasteiger partial charge in [0.2, 0.25) is 0 Å². The number of hydrogen-bond donors (Lipinski definition) is 0. The second-order valence-electron chi connectivity index (χ2n) is 4.73. The monoisotopic (exact) mass is 375 g/mol. The molecule has 24 heavy (non-hydrogen) atoms. The van der Waals surface area contributed by atoms with E-state index in [-0.39, 0.29) is 27.3 Å². The third-order valence-corrected chi connectivity index (χ3v) is 3.47. The van der Waals surface area contributed by atoms with Gasteiger partial charge in [-0.2, -0.15) is 18.4 Å². The highest BCUT2D eigenvalue weighted by Crippen LogP contribution is 2.37. The van der Waals surface area contributed by atoms with Gasteiger partial charge < -0.3 is 9.47 Å². The minimum atomic E-state index is -4.48. The fourth-order valence-corrected chi connectivity index (χ4v) is 2.18. The van der Waals surface area contributed by atoms with E-state index in [0.717, 1.165) is 18.2 Å². The summed E-state index contributed by atoms with van der Waals surface area (Å²) in [5.74, 6) is 0.606. The quantitative estimate of drug-likeness (QED) is 0.648. The Kier molecular flexibility index (Phi) is 5.47. The van der Waals surface area contributed by atoms with Gasteiger partial charge in [0.15, 0.2) is 6.10 Å². The van der Waals surface area contributed by atoms with E-state index in [1.807, 2.05) is 6.07 Å². The lowest BCUT2D eigenvalue weighted by Crippen LogP contribution is -2.08. The molecule has 0 aromatic heterocycles. The van der Waals surface area contributed by atoms with Crippen molar-refractivity contribution in [3.63, 3.8) is 0 Å². The van der Waals surface area contributed by atoms with E-state index < -0.39 is 17.8 Å². The van der Waals surface area contributed by atoms with Crippen LogP contribution in [0.1, 0.15) is 12.5 Å². The van der Waals surface area contributed by atoms with Crippen LogP contribution < -0.4 is 9.47 Å². The van der Waals surface area contributed by atoms with Crippen LogP contribution in [0.25, 0.3) is 0 Å². The highest BCUT2D eigenvalue weighted by atomic mass is 35.5. The van der Waals surface area contributed by atoms with Gasteiger partial charge in [0.25, 0.3) is 0 Å². The Bertz CT molecular complexity index is 788. The molecule has 0 aliphatic heterocycles. The smallest absolute Gasteiger partial charge is 0.416 e. The van der Waals surface area contributed by atoms with Gasteiger partial charge >= 0.3 is 6.18 Å². The third kappa shape index (κ3) is 4.47. The second kappa shape index (κ2) is 7.20. The average molecular weight is 376 g/mol. The predicted octanol–water partition coefficient (Wildman–Crippen LogP) is 6.10. The molecule has 0 fully saturated rings. The summed E-state index contributed by atoms with van der Waals surface area (Å²) in [5.41, 5.74) is -0.868. The molecule has 0 aliphatic rings. The van der Waals surface area contributed by atoms with E-state index in [4.69, 9.17) is 37.9 Å². The van der Waals surface area contributed by atoms with E-state index >= 15 is 0 Å². The molecule has 126 valence electrons. The number of hydrogen-bond acceptors (Lipinski definition) is 3. The van der Waals surface area contributed by atoms with Gasteiger partial charge in [-0.1, -0.05) is 23.2 Å². The molecular formula is C16H10Cl2F3NO2. The largest absolute Gasteiger partial charge is 0.474 e. The Balaban J connectivity index is 2.20. The SMILES string of the molecule is CC(C#N)Oc1ccc(Oc2ccc(C(F)(F)F)cc2Cl)cc1Cl. The summed E-state index contributed by atoms with van der Waals surface area (Å²) >= 11 is 11.9. The molecule has 0 amide bonds. The summed E-state index contributed by atoms with van der Waals surface area (Å²) < 4.78 is 48.5. The molecule has 3 nitrogen and oxygen atoms in total. The number of nitriles is 1. The number of alkyl halides is 3. The van der Waals surface area contributed by atoms with E-state index in [9.17, 15) is 13.2 Å². The molecule has 0 saturated carbocycles. The zero-order valence-electron chi connectivity index (χ0n) is 12.2. The fraction of sp³-hybridized carbons (Fsp3) is 0.188. The summed E-state index contributed by atoms with van der Waals surface area (Å²) in [6.45, 7) is 1.56. The summed E-state index contributed by atoms with van der Waals surface area (Å²) in [6.07, 6.45) is -5.17. The fourth-order valence-electron chi connectivity index (χ4n) is 1.74. The number of halogens is 5. The van der Waals surface area contributed by atoms with E-state index in [1.165, 1.54) is 18.2 Å². The minimum absolute atomic E-state index is 0.0554. The highest BCUT2D eigenvalue weighted by molar-refractivity contribution is 6.32. The standard InChI is InChI=1S/C16H10Cl2F3NO2/c1-9(8-22)23-14-5-3-11(7-13(14)18)24-15-4-2-10(6-12(15)17)16(19,20)21/h2-7,9H,1H3. The van der Waals surface area contributed by atoms with Crippen molar-refractivity contribution >= 4 is 23.2 Å². The minimum Gasteiger partial charge on any atom is -0.474 e. The molecule has 1 unspecified atom stereocenters. The maximum Gasteiger partial charge on any atom is 0.416 e. The Labute approximate surface area is 146 Å². The molecule has 0 spiro atoms. The molecule has 0 radical (unpaired) electrons. The lowest BCUT2D eigenvalue weighted by Gasteiger charge is -2.13. The molecule has 2 aromatic carbocycles. The summed E-state index contributed by atoms with van der Waals surface area (Å²) in [5, 5.41) is 8.72. The first-order chi connectivity index (χ1) is 11.2. The molecule has 1 atom stereocenters. The van der Waals surface area contributed by atoms with Gasteiger partial charge in [0.1, 0.15) is 23.3 Å². The van der Waals surface area contributed by atoms with Crippen LogP contribution in [0, 0.1) is 11.3 Å². The van der Waals surface area contributed by atoms with Crippen molar-refractivity contribution in [2.75, 3.05) is 0 Å². The van der Waals surface area contributed by atoms with Crippen LogP contribution >= 0.6 is 23.2 Å². The molecule has 2 rings (SSSR count). The van der Waals surface area contributed by atoms with E-state index in [2.05, 4.69) is 0 Å². The van der Waals surface area contributed by atoms with Gasteiger partial charge in [0.05, 0.1) is 15.6 Å². The van der Waals surface area contributed by atoms with Gasteiger partial charge in [0, 0.05) is 6.07 Å². The molecule has 0 bridgehead atoms. The lowest BCUT2D eigenvalue weighted by molar-refractivity contribution is -0.137. The highest BCUT2D eigenvalue weighted by Gasteiger charge is 2.31. The zero-order chi connectivity index (χ0) is 17.9. The number of ether oxygens (including phenoxy) is 2. The Morgan fingerprint density at radius 3 is 2.21 bits per heavy atom. The van der Waals surface area contributed by atoms with Crippen LogP contribution in [0.4, 0.5) is 13.2 Å². The van der Waals surface area contributed by atoms with E-state index in [1.54, 1.807) is 6.92 Å². The average Bonchev–Trinajstić information content (AvgIpc) is 2.50. The Morgan fingerprint density at radius 2 is 1.67 bits per heavy atom. The molecule has 2 aromatic rings. The summed E-state index contributed by atoms with van der Waals surface area (Å²) in [4.78, 5) is 0. The van der Waals surface area contributed by atoms with Crippen molar-refractivity contribution in [3.05, 3.63) is 52.0 Å². The Morgan fingerprint density at radius 1 is 1.04 bits per heavy atom. The number of rotatable bonds is 4. The number of benzene rings is 2. The van der Waals surface area contributed by atoms with Gasteiger partial charge in [-0.15, -0.1) is 0 Å². The van der Waals surface area contributed by atoms with Crippen molar-refractivity contribution in [1.82, 2.24) is 0 Å². The normalized spacial score (nSPS) is 12.4. The maximum atomic E-state index is 12.6. The summed E-state index contributed by atoms with van der Waals surface area (Å²) in [6, 6.07) is 9.08. The Hall–Kier alpha value is -2.10. The van der Waals surface area contributed by atoms with Gasteiger partial charge in [-0.05, 0) is 37.3 Å². The van der Waals surface area contributed by atoms with Crippen molar-refractivity contribution in [2.24, 2.45) is 0 Å². The first-order valence-electron chi connectivity index (χ1n) is 6.61. The second-order valence-corrected chi connectivity index (χ2v) is 5.54. The molecule has 0 aliphatic carbocycles. The van der Waals surface area contributed by atoms with Gasteiger partial charge in [-0.25, -0.2) is 0 Å². The predicted molar refractivity (Wildman–Crippen MR) is 83.7 cm³/mol. The van der Waals surface area contributed by atoms with Crippen molar-refractivity contribution in [3.8, 4) is 23.3 Å². The van der Waals surface area contributed by atoms with Crippen molar-refractivity contribution in [2.45, 2.75) is 19.2 Å². The zero-order valence-corrected chi connectivity index (χ0v) is 13.7. The molecule has 8 heteroatoms. The maximum absolute atomic E-state index is 12.6. The van der Waals surface area contributed by atoms with Crippen LogP contribution in [0.15, 0.2) is 36.4 Å². The van der Waals surface area contributed by atoms with Crippen LogP contribution in [-0.2, 0) is 6.18 Å². The van der Waals surface area contributed by atoms with Crippen LogP contribution in [-0.4, -0.2) is 6.10 Å². The first kappa shape index (κ1) is 18.2. The topological polar surface area (TPSA) is 42.2 Å². The van der Waals surface area contributed by atoms with Crippen LogP contribution in [0.3, 0.4) is 0 Å². The van der Waals surface area contributed by atoms with Crippen molar-refractivity contribution < 1.29 is 22.6 Å². The van der Waals surface area contributed by atoms with Gasteiger partial charge in [-0.3, -0.25) is 0 Å². The molecule has 0 heterocycles. The van der Waals surface area contributed by atoms with E-state index in [0.29, 0.717) is 0 Å². The first-order valence-corrected chi connectivity index (χ1v) is 7.36. The van der Waals surface area contributed by atoms with Crippen LogP contribution in [0.5, 0.6) is 17.2 Å². The van der Waals surface area contributed by atoms with Crippen LogP contribution in [0.2, 0.25) is 10.0 Å². The molecular weight excluding hydrogens is 366 g/mol. The number of nitrogens with zero attached hydrogens (tertiary/aromatic N) is 1. The summed E-state index contributed by atoms with van der Waals surface area (Å²) in [7, 11) is 0.